The molecule has 0 spiro atoms. The zero-order chi connectivity index (χ0) is 17.8. The van der Waals surface area contributed by atoms with Crippen molar-refractivity contribution in [3.63, 3.8) is 0 Å². The van der Waals surface area contributed by atoms with Crippen LogP contribution in [0.25, 0.3) is 0 Å². The van der Waals surface area contributed by atoms with Crippen molar-refractivity contribution in [2.45, 2.75) is 25.2 Å². The van der Waals surface area contributed by atoms with Crippen molar-refractivity contribution in [1.82, 2.24) is 5.32 Å². The Morgan fingerprint density at radius 2 is 1.62 bits per heavy atom. The van der Waals surface area contributed by atoms with Gasteiger partial charge in [0, 0.05) is 19.2 Å². The summed E-state index contributed by atoms with van der Waals surface area (Å²) in [5.41, 5.74) is -1.58. The van der Waals surface area contributed by atoms with Crippen LogP contribution < -0.4 is 5.32 Å². The highest BCUT2D eigenvalue weighted by atomic mass is 19.4. The van der Waals surface area contributed by atoms with Gasteiger partial charge < -0.3 is 10.1 Å². The van der Waals surface area contributed by atoms with Crippen LogP contribution in [0.2, 0.25) is 0 Å². The number of methoxy groups -OCH3 is 1. The number of aryl methyl sites for hydroxylation is 1. The summed E-state index contributed by atoms with van der Waals surface area (Å²) in [5, 5.41) is 2.33. The molecule has 0 aromatic heterocycles. The Balaban J connectivity index is 2.30. The zero-order valence-corrected chi connectivity index (χ0v) is 13.4. The quantitative estimate of drug-likeness (QED) is 0.903. The van der Waals surface area contributed by atoms with Gasteiger partial charge in [-0.25, -0.2) is 0 Å². The summed E-state index contributed by atoms with van der Waals surface area (Å²) in [5.74, 6) is -1.25. The van der Waals surface area contributed by atoms with Crippen LogP contribution in [-0.4, -0.2) is 19.2 Å². The second-order valence-electron chi connectivity index (χ2n) is 5.42. The Hall–Kier alpha value is -2.34. The molecule has 0 aliphatic rings. The van der Waals surface area contributed by atoms with E-state index in [1.165, 1.54) is 24.3 Å². The van der Waals surface area contributed by atoms with E-state index in [1.54, 1.807) is 18.2 Å². The molecule has 2 aromatic carbocycles. The average molecular weight is 337 g/mol. The summed E-state index contributed by atoms with van der Waals surface area (Å²) >= 11 is 0. The van der Waals surface area contributed by atoms with Crippen molar-refractivity contribution < 1.29 is 22.7 Å². The van der Waals surface area contributed by atoms with Gasteiger partial charge in [0.1, 0.15) is 0 Å². The van der Waals surface area contributed by atoms with E-state index in [0.29, 0.717) is 5.56 Å². The molecule has 0 saturated carbocycles. The van der Waals surface area contributed by atoms with Gasteiger partial charge in [-0.3, -0.25) is 4.79 Å². The van der Waals surface area contributed by atoms with Crippen LogP contribution in [0.3, 0.4) is 0 Å². The molecule has 1 N–H and O–H groups in total. The molecule has 0 aliphatic heterocycles. The highest BCUT2D eigenvalue weighted by molar-refractivity contribution is 5.87. The minimum absolute atomic E-state index is 0.0207. The fourth-order valence-electron chi connectivity index (χ4n) is 2.44. The van der Waals surface area contributed by atoms with Crippen molar-refractivity contribution in [2.75, 3.05) is 7.11 Å². The molecule has 0 heterocycles. The summed E-state index contributed by atoms with van der Waals surface area (Å²) in [6.45, 7) is 1.88. The van der Waals surface area contributed by atoms with E-state index in [2.05, 4.69) is 5.32 Å². The lowest BCUT2D eigenvalue weighted by atomic mass is 9.91. The number of benzene rings is 2. The van der Waals surface area contributed by atoms with E-state index in [9.17, 15) is 18.0 Å². The SMILES string of the molecule is COC(C(=O)NCc1ccc(C)cc1)(c1ccccc1)C(F)(F)F. The Morgan fingerprint density at radius 3 is 2.12 bits per heavy atom. The Morgan fingerprint density at radius 1 is 1.04 bits per heavy atom. The summed E-state index contributed by atoms with van der Waals surface area (Å²) in [6, 6.07) is 14.0. The summed E-state index contributed by atoms with van der Waals surface area (Å²) in [4.78, 5) is 12.4. The van der Waals surface area contributed by atoms with Gasteiger partial charge in [0.25, 0.3) is 11.5 Å². The van der Waals surface area contributed by atoms with Crippen molar-refractivity contribution >= 4 is 5.91 Å². The van der Waals surface area contributed by atoms with E-state index < -0.39 is 17.7 Å². The molecule has 0 saturated heterocycles. The molecular formula is C18H18F3NO2. The maximum atomic E-state index is 13.7. The standard InChI is InChI=1S/C18H18F3NO2/c1-13-8-10-14(11-9-13)12-22-16(23)17(24-2,18(19,20)21)15-6-4-3-5-7-15/h3-11H,12H2,1-2H3,(H,22,23). The number of carbonyl (C=O) groups excluding carboxylic acids is 1. The van der Waals surface area contributed by atoms with E-state index in [0.717, 1.165) is 12.7 Å². The van der Waals surface area contributed by atoms with Crippen LogP contribution in [0.4, 0.5) is 13.2 Å². The molecule has 0 bridgehead atoms. The summed E-state index contributed by atoms with van der Waals surface area (Å²) in [7, 11) is 0.881. The number of hydrogen-bond donors (Lipinski definition) is 1. The minimum Gasteiger partial charge on any atom is -0.356 e. The molecule has 6 heteroatoms. The highest BCUT2D eigenvalue weighted by Gasteiger charge is 2.62. The molecule has 0 radical (unpaired) electrons. The van der Waals surface area contributed by atoms with Gasteiger partial charge in [-0.2, -0.15) is 13.2 Å². The second kappa shape index (κ2) is 7.05. The van der Waals surface area contributed by atoms with Gasteiger partial charge in [0.2, 0.25) is 0 Å². The molecule has 0 aliphatic carbocycles. The topological polar surface area (TPSA) is 38.3 Å². The van der Waals surface area contributed by atoms with Crippen LogP contribution in [0.5, 0.6) is 0 Å². The van der Waals surface area contributed by atoms with E-state index in [1.807, 2.05) is 19.1 Å². The predicted octanol–water partition coefficient (Wildman–Crippen LogP) is 3.72. The minimum atomic E-state index is -4.90. The molecular weight excluding hydrogens is 319 g/mol. The third-order valence-electron chi connectivity index (χ3n) is 3.78. The number of ether oxygens (including phenoxy) is 1. The lowest BCUT2D eigenvalue weighted by Gasteiger charge is -2.33. The number of rotatable bonds is 5. The van der Waals surface area contributed by atoms with Crippen LogP contribution in [0, 0.1) is 6.92 Å². The van der Waals surface area contributed by atoms with E-state index >= 15 is 0 Å². The number of amides is 1. The lowest BCUT2D eigenvalue weighted by molar-refractivity contribution is -0.265. The smallest absolute Gasteiger partial charge is 0.356 e. The maximum Gasteiger partial charge on any atom is 0.430 e. The number of carbonyl (C=O) groups is 1. The fourth-order valence-corrected chi connectivity index (χ4v) is 2.44. The Kier molecular flexibility index (Phi) is 5.29. The van der Waals surface area contributed by atoms with Crippen molar-refractivity contribution in [2.24, 2.45) is 0 Å². The number of nitrogens with one attached hydrogen (secondary N) is 1. The van der Waals surface area contributed by atoms with Crippen LogP contribution >= 0.6 is 0 Å². The first-order valence-electron chi connectivity index (χ1n) is 7.32. The lowest BCUT2D eigenvalue weighted by Crippen LogP contribution is -2.55. The molecule has 1 amide bonds. The van der Waals surface area contributed by atoms with Gasteiger partial charge in [-0.15, -0.1) is 0 Å². The normalized spacial score (nSPS) is 14.0. The van der Waals surface area contributed by atoms with Gasteiger partial charge in [-0.1, -0.05) is 60.2 Å². The molecule has 24 heavy (non-hydrogen) atoms. The van der Waals surface area contributed by atoms with E-state index in [4.69, 9.17) is 4.74 Å². The molecule has 1 atom stereocenters. The fraction of sp³-hybridized carbons (Fsp3) is 0.278. The van der Waals surface area contributed by atoms with Gasteiger partial charge in [-0.05, 0) is 12.5 Å². The Bertz CT molecular complexity index is 684. The number of hydrogen-bond acceptors (Lipinski definition) is 2. The zero-order valence-electron chi connectivity index (χ0n) is 13.4. The molecule has 128 valence electrons. The van der Waals surface area contributed by atoms with Crippen molar-refractivity contribution in [3.8, 4) is 0 Å². The van der Waals surface area contributed by atoms with Gasteiger partial charge in [0.05, 0.1) is 0 Å². The molecule has 2 rings (SSSR count). The van der Waals surface area contributed by atoms with E-state index in [-0.39, 0.29) is 12.1 Å². The summed E-state index contributed by atoms with van der Waals surface area (Å²) < 4.78 is 45.8. The monoisotopic (exact) mass is 337 g/mol. The van der Waals surface area contributed by atoms with Crippen molar-refractivity contribution in [1.29, 1.82) is 0 Å². The first kappa shape index (κ1) is 18.0. The van der Waals surface area contributed by atoms with Gasteiger partial charge in [0.15, 0.2) is 0 Å². The number of halogens is 3. The molecule has 2 aromatic rings. The first-order chi connectivity index (χ1) is 11.3. The average Bonchev–Trinajstić information content (AvgIpc) is 2.55. The maximum absolute atomic E-state index is 13.7. The van der Waals surface area contributed by atoms with Gasteiger partial charge >= 0.3 is 6.18 Å². The molecule has 3 nitrogen and oxygen atoms in total. The molecule has 1 unspecified atom stereocenters. The van der Waals surface area contributed by atoms with Crippen LogP contribution in [0.15, 0.2) is 54.6 Å². The third kappa shape index (κ3) is 3.43. The second-order valence-corrected chi connectivity index (χ2v) is 5.42. The Labute approximate surface area is 138 Å². The first-order valence-corrected chi connectivity index (χ1v) is 7.32. The highest BCUT2D eigenvalue weighted by Crippen LogP contribution is 2.42. The largest absolute Gasteiger partial charge is 0.430 e. The van der Waals surface area contributed by atoms with Crippen LogP contribution in [0.1, 0.15) is 16.7 Å². The van der Waals surface area contributed by atoms with Crippen molar-refractivity contribution in [3.05, 3.63) is 71.3 Å². The third-order valence-corrected chi connectivity index (χ3v) is 3.78. The summed E-state index contributed by atoms with van der Waals surface area (Å²) in [6.07, 6.45) is -4.90. The number of alkyl halides is 3. The predicted molar refractivity (Wildman–Crippen MR) is 84.2 cm³/mol. The molecule has 0 fully saturated rings. The van der Waals surface area contributed by atoms with Crippen LogP contribution in [-0.2, 0) is 21.7 Å².